The molecule has 1 rings (SSSR count). The van der Waals surface area contributed by atoms with Crippen LogP contribution in [-0.4, -0.2) is 79.6 Å². The summed E-state index contributed by atoms with van der Waals surface area (Å²) in [5.74, 6) is 0.772. The van der Waals surface area contributed by atoms with Crippen LogP contribution in [0.5, 0.6) is 0 Å². The fourth-order valence-electron chi connectivity index (χ4n) is 3.13. The van der Waals surface area contributed by atoms with Crippen LogP contribution in [0.3, 0.4) is 0 Å². The quantitative estimate of drug-likeness (QED) is 0.304. The Balaban J connectivity index is 0.00000277. The molecule has 1 aliphatic heterocycles. The van der Waals surface area contributed by atoms with Crippen LogP contribution < -0.4 is 5.73 Å². The second-order valence-corrected chi connectivity index (χ2v) is 7.00. The number of aliphatic imine (C=N–C) groups is 1. The molecule has 6 nitrogen and oxygen atoms in total. The van der Waals surface area contributed by atoms with E-state index in [2.05, 4.69) is 30.8 Å². The summed E-state index contributed by atoms with van der Waals surface area (Å²) >= 11 is 0. The molecule has 6 heteroatoms. The van der Waals surface area contributed by atoms with E-state index in [0.29, 0.717) is 5.96 Å². The molecule has 1 unspecified atom stereocenters. The standard InChI is InChI=1S/C17H37N6.C2H6/c1-5-14-23(4,6-2)15-10-9-11-21(3)16(18)20-17(19)22-12-7-8-13-22;1-2/h5-15H2,1-4H3,(H3,18,19,20);1-2H3/q+1;. The third-order valence-electron chi connectivity index (χ3n) is 4.98. The number of nitrogens with two attached hydrogens (primary N) is 1. The van der Waals surface area contributed by atoms with E-state index in [0.717, 1.165) is 30.5 Å². The molecular formula is C19H43N6+. The van der Waals surface area contributed by atoms with Gasteiger partial charge in [0.1, 0.15) is 0 Å². The van der Waals surface area contributed by atoms with E-state index < -0.39 is 0 Å². The number of guanidine groups is 2. The Hall–Kier alpha value is -1.30. The van der Waals surface area contributed by atoms with E-state index in [1.165, 1.54) is 45.3 Å². The predicted octanol–water partition coefficient (Wildman–Crippen LogP) is 2.95. The Bertz CT molecular complexity index is 389. The maximum Gasteiger partial charge on any atom is 0.220 e. The highest BCUT2D eigenvalue weighted by Crippen LogP contribution is 2.08. The van der Waals surface area contributed by atoms with Gasteiger partial charge >= 0.3 is 0 Å². The van der Waals surface area contributed by atoms with Gasteiger partial charge in [-0.25, -0.2) is 0 Å². The Labute approximate surface area is 156 Å². The highest BCUT2D eigenvalue weighted by molar-refractivity contribution is 5.92. The van der Waals surface area contributed by atoms with Gasteiger partial charge in [-0.15, -0.1) is 0 Å². The average Bonchev–Trinajstić information content (AvgIpc) is 3.15. The largest absolute Gasteiger partial charge is 0.369 e. The summed E-state index contributed by atoms with van der Waals surface area (Å²) in [5, 5.41) is 8.08. The van der Waals surface area contributed by atoms with Gasteiger partial charge in [-0.1, -0.05) is 20.8 Å². The minimum atomic E-state index is 0.274. The van der Waals surface area contributed by atoms with Gasteiger partial charge in [0.15, 0.2) is 5.96 Å². The molecule has 0 aromatic heterocycles. The van der Waals surface area contributed by atoms with E-state index in [9.17, 15) is 0 Å². The van der Waals surface area contributed by atoms with Crippen molar-refractivity contribution in [2.24, 2.45) is 10.7 Å². The van der Waals surface area contributed by atoms with Crippen molar-refractivity contribution in [3.8, 4) is 0 Å². The van der Waals surface area contributed by atoms with E-state index in [4.69, 9.17) is 11.1 Å². The molecule has 25 heavy (non-hydrogen) atoms. The monoisotopic (exact) mass is 355 g/mol. The highest BCUT2D eigenvalue weighted by Gasteiger charge is 2.17. The second kappa shape index (κ2) is 13.0. The molecule has 1 atom stereocenters. The normalized spacial score (nSPS) is 16.9. The molecule has 1 aliphatic rings. The Morgan fingerprint density at radius 1 is 1.16 bits per heavy atom. The lowest BCUT2D eigenvalue weighted by Gasteiger charge is -2.33. The molecule has 0 aromatic rings. The minimum absolute atomic E-state index is 0.274. The van der Waals surface area contributed by atoms with E-state index >= 15 is 0 Å². The predicted molar refractivity (Wildman–Crippen MR) is 110 cm³/mol. The topological polar surface area (TPSA) is 68.7 Å². The van der Waals surface area contributed by atoms with Gasteiger partial charge in [-0.2, -0.15) is 4.99 Å². The molecule has 0 aliphatic carbocycles. The summed E-state index contributed by atoms with van der Waals surface area (Å²) in [5.41, 5.74) is 5.99. The fourth-order valence-corrected chi connectivity index (χ4v) is 3.13. The summed E-state index contributed by atoms with van der Waals surface area (Å²) in [6.45, 7) is 15.0. The summed E-state index contributed by atoms with van der Waals surface area (Å²) in [4.78, 5) is 8.23. The number of likely N-dealkylation sites (tertiary alicyclic amines) is 1. The number of nitrogens with zero attached hydrogens (tertiary/aromatic N) is 4. The summed E-state index contributed by atoms with van der Waals surface area (Å²) in [6, 6.07) is 0. The Kier molecular flexibility index (Phi) is 12.3. The number of nitrogens with one attached hydrogen (secondary N) is 1. The lowest BCUT2D eigenvalue weighted by Crippen LogP contribution is -2.45. The van der Waals surface area contributed by atoms with Crippen molar-refractivity contribution in [1.29, 1.82) is 5.41 Å². The molecule has 0 spiro atoms. The first-order valence-electron chi connectivity index (χ1n) is 10.1. The zero-order chi connectivity index (χ0) is 19.3. The minimum Gasteiger partial charge on any atom is -0.369 e. The molecule has 0 radical (unpaired) electrons. The molecule has 1 fully saturated rings. The third kappa shape index (κ3) is 9.10. The summed E-state index contributed by atoms with van der Waals surface area (Å²) in [7, 11) is 4.28. The molecule has 0 saturated carbocycles. The molecular weight excluding hydrogens is 312 g/mol. The van der Waals surface area contributed by atoms with Crippen molar-refractivity contribution in [3.63, 3.8) is 0 Å². The number of hydrogen-bond donors (Lipinski definition) is 2. The fraction of sp³-hybridized carbons (Fsp3) is 0.895. The second-order valence-electron chi connectivity index (χ2n) is 7.00. The number of unbranched alkanes of at least 4 members (excludes halogenated alkanes) is 1. The number of quaternary nitrogens is 1. The molecule has 1 heterocycles. The number of hydrogen-bond acceptors (Lipinski definition) is 1. The third-order valence-corrected chi connectivity index (χ3v) is 4.98. The first-order chi connectivity index (χ1) is 11.9. The SMILES string of the molecule is CC.CCC[N+](C)(CC)CCCCN(C)C(=N)/N=C(\N)N1CCCC1. The van der Waals surface area contributed by atoms with Crippen molar-refractivity contribution in [2.75, 3.05) is 53.4 Å². The van der Waals surface area contributed by atoms with Crippen LogP contribution in [0, 0.1) is 5.41 Å². The van der Waals surface area contributed by atoms with E-state index in [1.807, 2.05) is 25.8 Å². The van der Waals surface area contributed by atoms with Gasteiger partial charge in [-0.3, -0.25) is 5.41 Å². The van der Waals surface area contributed by atoms with Crippen LogP contribution in [0.25, 0.3) is 0 Å². The highest BCUT2D eigenvalue weighted by atomic mass is 15.3. The van der Waals surface area contributed by atoms with Crippen LogP contribution in [0.2, 0.25) is 0 Å². The lowest BCUT2D eigenvalue weighted by molar-refractivity contribution is -0.908. The maximum absolute atomic E-state index is 8.08. The van der Waals surface area contributed by atoms with Gasteiger partial charge in [0.05, 0.1) is 26.7 Å². The van der Waals surface area contributed by atoms with Gasteiger partial charge < -0.3 is 20.0 Å². The molecule has 0 bridgehead atoms. The molecule has 3 N–H and O–H groups in total. The first-order valence-corrected chi connectivity index (χ1v) is 10.1. The van der Waals surface area contributed by atoms with Gasteiger partial charge in [0.25, 0.3) is 0 Å². The molecule has 0 amide bonds. The van der Waals surface area contributed by atoms with E-state index in [-0.39, 0.29) is 5.96 Å². The summed E-state index contributed by atoms with van der Waals surface area (Å²) < 4.78 is 1.15. The van der Waals surface area contributed by atoms with Crippen LogP contribution in [0.1, 0.15) is 59.8 Å². The maximum atomic E-state index is 8.08. The molecule has 148 valence electrons. The van der Waals surface area contributed by atoms with Gasteiger partial charge in [0.2, 0.25) is 5.96 Å². The Morgan fingerprint density at radius 2 is 1.76 bits per heavy atom. The van der Waals surface area contributed by atoms with Crippen LogP contribution in [0.15, 0.2) is 4.99 Å². The number of rotatable bonds is 8. The van der Waals surface area contributed by atoms with Crippen molar-refractivity contribution >= 4 is 11.9 Å². The zero-order valence-electron chi connectivity index (χ0n) is 17.6. The van der Waals surface area contributed by atoms with Crippen LogP contribution in [0.4, 0.5) is 0 Å². The Morgan fingerprint density at radius 3 is 2.28 bits per heavy atom. The van der Waals surface area contributed by atoms with Crippen molar-refractivity contribution in [2.45, 2.75) is 59.8 Å². The average molecular weight is 356 g/mol. The lowest BCUT2D eigenvalue weighted by atomic mass is 10.2. The van der Waals surface area contributed by atoms with E-state index in [1.54, 1.807) is 0 Å². The summed E-state index contributed by atoms with van der Waals surface area (Å²) in [6.07, 6.45) is 5.86. The first kappa shape index (κ1) is 23.7. The smallest absolute Gasteiger partial charge is 0.220 e. The molecule has 1 saturated heterocycles. The van der Waals surface area contributed by atoms with Crippen molar-refractivity contribution in [1.82, 2.24) is 9.80 Å². The van der Waals surface area contributed by atoms with Crippen molar-refractivity contribution < 1.29 is 4.48 Å². The van der Waals surface area contributed by atoms with Crippen LogP contribution in [-0.2, 0) is 0 Å². The zero-order valence-corrected chi connectivity index (χ0v) is 17.6. The van der Waals surface area contributed by atoms with Crippen LogP contribution >= 0.6 is 0 Å². The van der Waals surface area contributed by atoms with Gasteiger partial charge in [-0.05, 0) is 39.0 Å². The molecule has 0 aromatic carbocycles. The van der Waals surface area contributed by atoms with Crippen molar-refractivity contribution in [3.05, 3.63) is 0 Å². The van der Waals surface area contributed by atoms with Gasteiger partial charge in [0, 0.05) is 26.7 Å².